The van der Waals surface area contributed by atoms with Crippen molar-refractivity contribution in [1.82, 2.24) is 10.6 Å². The average molecular weight is 527 g/mol. The number of aliphatic imine (C=N–C) groups is 1. The van der Waals surface area contributed by atoms with Gasteiger partial charge in [0.25, 0.3) is 0 Å². The lowest BCUT2D eigenvalue weighted by atomic mass is 9.74. The summed E-state index contributed by atoms with van der Waals surface area (Å²) in [6, 6.07) is 16.8. The fourth-order valence-electron chi connectivity index (χ4n) is 3.85. The molecular weight excluding hydrogens is 496 g/mol. The molecule has 0 bridgehead atoms. The fourth-order valence-corrected chi connectivity index (χ4v) is 3.85. The molecule has 1 aliphatic rings. The summed E-state index contributed by atoms with van der Waals surface area (Å²) in [5.74, 6) is 0.432. The van der Waals surface area contributed by atoms with Crippen LogP contribution in [0.3, 0.4) is 0 Å². The van der Waals surface area contributed by atoms with Crippen LogP contribution in [0.25, 0.3) is 0 Å². The molecule has 1 fully saturated rings. The van der Waals surface area contributed by atoms with Crippen LogP contribution in [-0.4, -0.2) is 51.0 Å². The minimum Gasteiger partial charge on any atom is -0.396 e. The Labute approximate surface area is 195 Å². The van der Waals surface area contributed by atoms with Gasteiger partial charge in [-0.2, -0.15) is 0 Å². The molecule has 2 aromatic carbocycles. The van der Waals surface area contributed by atoms with E-state index in [1.54, 1.807) is 19.2 Å². The Bertz CT molecular complexity index is 798. The van der Waals surface area contributed by atoms with E-state index in [1.165, 1.54) is 6.07 Å². The van der Waals surface area contributed by atoms with Crippen molar-refractivity contribution in [2.24, 2.45) is 4.99 Å². The van der Waals surface area contributed by atoms with Crippen LogP contribution in [0, 0.1) is 5.82 Å². The number of rotatable bonds is 7. The number of halogens is 2. The van der Waals surface area contributed by atoms with Gasteiger partial charge in [0.05, 0.1) is 6.61 Å². The SMILES string of the molecule is CN=C(NCC(CO)c1ccccc1)NCC1(c2cccc(F)c2)CCOCC1.I. The molecule has 0 spiro atoms. The van der Waals surface area contributed by atoms with Crippen LogP contribution in [0.1, 0.15) is 29.9 Å². The van der Waals surface area contributed by atoms with Crippen LogP contribution in [0.15, 0.2) is 59.6 Å². The van der Waals surface area contributed by atoms with Gasteiger partial charge in [0, 0.05) is 44.7 Å². The Kier molecular flexibility index (Phi) is 10.0. The van der Waals surface area contributed by atoms with Crippen molar-refractivity contribution in [2.75, 3.05) is 40.0 Å². The molecule has 0 amide bonds. The van der Waals surface area contributed by atoms with Gasteiger partial charge < -0.3 is 20.5 Å². The molecule has 2 aromatic rings. The highest BCUT2D eigenvalue weighted by molar-refractivity contribution is 14.0. The normalized spacial score (nSPS) is 17.0. The molecule has 30 heavy (non-hydrogen) atoms. The first-order chi connectivity index (χ1) is 14.2. The monoisotopic (exact) mass is 527 g/mol. The molecule has 0 radical (unpaired) electrons. The van der Waals surface area contributed by atoms with Gasteiger partial charge in [0.2, 0.25) is 0 Å². The molecule has 1 atom stereocenters. The Morgan fingerprint density at radius 3 is 2.50 bits per heavy atom. The first-order valence-corrected chi connectivity index (χ1v) is 10.1. The zero-order valence-corrected chi connectivity index (χ0v) is 19.6. The third-order valence-electron chi connectivity index (χ3n) is 5.71. The highest BCUT2D eigenvalue weighted by Gasteiger charge is 2.35. The summed E-state index contributed by atoms with van der Waals surface area (Å²) in [5.41, 5.74) is 1.87. The smallest absolute Gasteiger partial charge is 0.191 e. The van der Waals surface area contributed by atoms with E-state index in [2.05, 4.69) is 15.6 Å². The number of aliphatic hydroxyl groups excluding tert-OH is 1. The second-order valence-electron chi connectivity index (χ2n) is 7.50. The van der Waals surface area contributed by atoms with E-state index >= 15 is 0 Å². The third-order valence-corrected chi connectivity index (χ3v) is 5.71. The van der Waals surface area contributed by atoms with Crippen molar-refractivity contribution >= 4 is 29.9 Å². The zero-order chi connectivity index (χ0) is 20.5. The lowest BCUT2D eigenvalue weighted by molar-refractivity contribution is 0.0513. The van der Waals surface area contributed by atoms with Crippen LogP contribution in [-0.2, 0) is 10.2 Å². The zero-order valence-electron chi connectivity index (χ0n) is 17.3. The summed E-state index contributed by atoms with van der Waals surface area (Å²) in [6.45, 7) is 2.57. The van der Waals surface area contributed by atoms with Crippen molar-refractivity contribution in [3.05, 3.63) is 71.5 Å². The van der Waals surface area contributed by atoms with Gasteiger partial charge in [0.15, 0.2) is 5.96 Å². The molecule has 1 saturated heterocycles. The molecule has 1 aliphatic heterocycles. The van der Waals surface area contributed by atoms with E-state index in [0.717, 1.165) is 24.0 Å². The standard InChI is InChI=1S/C23H30FN3O2.HI/c1-25-22(26-15-19(16-28)18-6-3-2-4-7-18)27-17-23(10-12-29-13-11-23)20-8-5-9-21(24)14-20;/h2-9,14,19,28H,10-13,15-17H2,1H3,(H2,25,26,27);1H. The second-order valence-corrected chi connectivity index (χ2v) is 7.50. The molecule has 0 aliphatic carbocycles. The van der Waals surface area contributed by atoms with E-state index in [0.29, 0.717) is 32.3 Å². The number of hydrogen-bond donors (Lipinski definition) is 3. The van der Waals surface area contributed by atoms with Crippen LogP contribution in [0.4, 0.5) is 4.39 Å². The van der Waals surface area contributed by atoms with Crippen LogP contribution in [0.5, 0.6) is 0 Å². The van der Waals surface area contributed by atoms with E-state index < -0.39 is 0 Å². The molecule has 5 nitrogen and oxygen atoms in total. The summed E-state index contributed by atoms with van der Waals surface area (Å²) in [5, 5.41) is 16.5. The van der Waals surface area contributed by atoms with E-state index in [4.69, 9.17) is 4.74 Å². The maximum atomic E-state index is 13.9. The Morgan fingerprint density at radius 2 is 1.87 bits per heavy atom. The van der Waals surface area contributed by atoms with E-state index in [9.17, 15) is 9.50 Å². The molecule has 0 saturated carbocycles. The maximum Gasteiger partial charge on any atom is 0.191 e. The number of aliphatic hydroxyl groups is 1. The first-order valence-electron chi connectivity index (χ1n) is 10.1. The third kappa shape index (κ3) is 6.39. The van der Waals surface area contributed by atoms with Crippen molar-refractivity contribution in [2.45, 2.75) is 24.2 Å². The fraction of sp³-hybridized carbons (Fsp3) is 0.435. The highest BCUT2D eigenvalue weighted by Crippen LogP contribution is 2.34. The van der Waals surface area contributed by atoms with E-state index in [-0.39, 0.29) is 47.7 Å². The van der Waals surface area contributed by atoms with Crippen LogP contribution < -0.4 is 10.6 Å². The topological polar surface area (TPSA) is 65.9 Å². The van der Waals surface area contributed by atoms with Crippen LogP contribution in [0.2, 0.25) is 0 Å². The molecule has 3 N–H and O–H groups in total. The lowest BCUT2D eigenvalue weighted by Gasteiger charge is -2.38. The summed E-state index contributed by atoms with van der Waals surface area (Å²) >= 11 is 0. The minimum absolute atomic E-state index is 0. The summed E-state index contributed by atoms with van der Waals surface area (Å²) < 4.78 is 19.4. The molecule has 1 unspecified atom stereocenters. The average Bonchev–Trinajstić information content (AvgIpc) is 2.77. The van der Waals surface area contributed by atoms with Gasteiger partial charge in [-0.05, 0) is 36.1 Å². The van der Waals surface area contributed by atoms with Crippen molar-refractivity contribution in [3.8, 4) is 0 Å². The minimum atomic E-state index is -0.218. The van der Waals surface area contributed by atoms with Gasteiger partial charge in [-0.15, -0.1) is 24.0 Å². The van der Waals surface area contributed by atoms with Gasteiger partial charge in [-0.1, -0.05) is 42.5 Å². The number of hydrogen-bond acceptors (Lipinski definition) is 3. The number of ether oxygens (including phenoxy) is 1. The lowest BCUT2D eigenvalue weighted by Crippen LogP contribution is -2.48. The molecule has 0 aromatic heterocycles. The Hall–Kier alpha value is -1.71. The number of guanidine groups is 1. The molecule has 164 valence electrons. The molecule has 1 heterocycles. The maximum absolute atomic E-state index is 13.9. The Morgan fingerprint density at radius 1 is 1.13 bits per heavy atom. The van der Waals surface area contributed by atoms with Crippen LogP contribution >= 0.6 is 24.0 Å². The van der Waals surface area contributed by atoms with Crippen molar-refractivity contribution in [3.63, 3.8) is 0 Å². The number of benzene rings is 2. The summed E-state index contributed by atoms with van der Waals surface area (Å²) in [4.78, 5) is 4.32. The predicted octanol–water partition coefficient (Wildman–Crippen LogP) is 3.43. The Balaban J connectivity index is 0.00000320. The van der Waals surface area contributed by atoms with Crippen molar-refractivity contribution < 1.29 is 14.2 Å². The molecule has 3 rings (SSSR count). The van der Waals surface area contributed by atoms with Gasteiger partial charge in [-0.25, -0.2) is 4.39 Å². The molecule has 7 heteroatoms. The molecular formula is C23H31FIN3O2. The predicted molar refractivity (Wildman–Crippen MR) is 129 cm³/mol. The van der Waals surface area contributed by atoms with Gasteiger partial charge in [-0.3, -0.25) is 4.99 Å². The van der Waals surface area contributed by atoms with Gasteiger partial charge >= 0.3 is 0 Å². The summed E-state index contributed by atoms with van der Waals surface area (Å²) in [6.07, 6.45) is 1.65. The highest BCUT2D eigenvalue weighted by atomic mass is 127. The quantitative estimate of drug-likeness (QED) is 0.294. The first kappa shape index (κ1) is 24.6. The van der Waals surface area contributed by atoms with Gasteiger partial charge in [0.1, 0.15) is 5.82 Å². The van der Waals surface area contributed by atoms with E-state index in [1.807, 2.05) is 36.4 Å². The van der Waals surface area contributed by atoms with Crippen molar-refractivity contribution in [1.29, 1.82) is 0 Å². The summed E-state index contributed by atoms with van der Waals surface area (Å²) in [7, 11) is 1.73. The largest absolute Gasteiger partial charge is 0.396 e. The second kappa shape index (κ2) is 12.2. The number of nitrogens with one attached hydrogen (secondary N) is 2. The number of nitrogens with zero attached hydrogens (tertiary/aromatic N) is 1.